The highest BCUT2D eigenvalue weighted by Gasteiger charge is 2.41. The molecular formula is C17H32N2O2. The van der Waals surface area contributed by atoms with E-state index in [1.165, 1.54) is 25.7 Å². The molecule has 21 heavy (non-hydrogen) atoms. The molecule has 0 spiro atoms. The standard InChI is InChI=1S/C17H32N2O2/c1-15(2)14-18-11-7-17(8-12-18,13-16(20)21)19-9-5-3-4-6-10-19/h15H,3-14H2,1-2H3,(H,20,21). The van der Waals surface area contributed by atoms with Gasteiger partial charge in [-0.3, -0.25) is 9.69 Å². The number of piperidine rings is 1. The minimum Gasteiger partial charge on any atom is -0.481 e. The van der Waals surface area contributed by atoms with Crippen LogP contribution in [0.2, 0.25) is 0 Å². The number of hydrogen-bond acceptors (Lipinski definition) is 3. The van der Waals surface area contributed by atoms with Crippen molar-refractivity contribution >= 4 is 5.97 Å². The van der Waals surface area contributed by atoms with E-state index in [0.29, 0.717) is 12.3 Å². The van der Waals surface area contributed by atoms with Crippen molar-refractivity contribution in [2.75, 3.05) is 32.7 Å². The van der Waals surface area contributed by atoms with E-state index in [1.807, 2.05) is 0 Å². The number of rotatable bonds is 5. The number of nitrogens with zero attached hydrogens (tertiary/aromatic N) is 2. The molecule has 4 heteroatoms. The van der Waals surface area contributed by atoms with Gasteiger partial charge in [0.15, 0.2) is 0 Å². The van der Waals surface area contributed by atoms with Gasteiger partial charge in [-0.1, -0.05) is 26.7 Å². The Kier molecular flexibility index (Phi) is 6.06. The summed E-state index contributed by atoms with van der Waals surface area (Å²) in [4.78, 5) is 16.5. The second-order valence-corrected chi connectivity index (χ2v) is 7.39. The summed E-state index contributed by atoms with van der Waals surface area (Å²) in [7, 11) is 0. The smallest absolute Gasteiger partial charge is 0.305 e. The van der Waals surface area contributed by atoms with Gasteiger partial charge in [0.1, 0.15) is 0 Å². The van der Waals surface area contributed by atoms with Crippen LogP contribution in [0.5, 0.6) is 0 Å². The molecule has 0 atom stereocenters. The van der Waals surface area contributed by atoms with E-state index in [9.17, 15) is 9.90 Å². The zero-order chi connectivity index (χ0) is 15.3. The first kappa shape index (κ1) is 16.8. The molecule has 0 saturated carbocycles. The third-order valence-corrected chi connectivity index (χ3v) is 5.17. The van der Waals surface area contributed by atoms with Gasteiger partial charge in [-0.25, -0.2) is 0 Å². The fourth-order valence-corrected chi connectivity index (χ4v) is 4.10. The first-order chi connectivity index (χ1) is 10.0. The Morgan fingerprint density at radius 1 is 1.05 bits per heavy atom. The SMILES string of the molecule is CC(C)CN1CCC(CC(=O)O)(N2CCCCCC2)CC1. The normalized spacial score (nSPS) is 24.9. The fraction of sp³-hybridized carbons (Fsp3) is 0.941. The Bertz CT molecular complexity index is 328. The molecule has 2 rings (SSSR count). The minimum atomic E-state index is -0.628. The molecule has 2 saturated heterocycles. The van der Waals surface area contributed by atoms with Gasteiger partial charge in [-0.15, -0.1) is 0 Å². The Morgan fingerprint density at radius 3 is 2.10 bits per heavy atom. The Morgan fingerprint density at radius 2 is 1.62 bits per heavy atom. The van der Waals surface area contributed by atoms with Crippen molar-refractivity contribution in [3.05, 3.63) is 0 Å². The fourth-order valence-electron chi connectivity index (χ4n) is 4.10. The zero-order valence-corrected chi connectivity index (χ0v) is 13.8. The lowest BCUT2D eigenvalue weighted by Gasteiger charge is -2.48. The van der Waals surface area contributed by atoms with Gasteiger partial charge in [0.05, 0.1) is 6.42 Å². The molecule has 4 nitrogen and oxygen atoms in total. The molecule has 0 aromatic carbocycles. The maximum atomic E-state index is 11.4. The van der Waals surface area contributed by atoms with Gasteiger partial charge >= 0.3 is 5.97 Å². The van der Waals surface area contributed by atoms with Crippen molar-refractivity contribution in [3.63, 3.8) is 0 Å². The Labute approximate surface area is 129 Å². The molecule has 0 aliphatic carbocycles. The molecular weight excluding hydrogens is 264 g/mol. The van der Waals surface area contributed by atoms with Crippen molar-refractivity contribution in [1.29, 1.82) is 0 Å². The van der Waals surface area contributed by atoms with Crippen LogP contribution in [0.15, 0.2) is 0 Å². The average Bonchev–Trinajstić information content (AvgIpc) is 2.69. The minimum absolute atomic E-state index is 0.0797. The molecule has 0 radical (unpaired) electrons. The maximum Gasteiger partial charge on any atom is 0.305 e. The van der Waals surface area contributed by atoms with E-state index >= 15 is 0 Å². The summed E-state index contributed by atoms with van der Waals surface area (Å²) in [6.07, 6.45) is 7.44. The monoisotopic (exact) mass is 296 g/mol. The molecule has 2 fully saturated rings. The van der Waals surface area contributed by atoms with Crippen molar-refractivity contribution in [2.45, 2.75) is 64.3 Å². The van der Waals surface area contributed by atoms with Gasteiger partial charge in [0.25, 0.3) is 0 Å². The predicted molar refractivity (Wildman–Crippen MR) is 85.5 cm³/mol. The predicted octanol–water partition coefficient (Wildman–Crippen LogP) is 2.83. The molecule has 2 heterocycles. The molecule has 0 bridgehead atoms. The van der Waals surface area contributed by atoms with E-state index in [-0.39, 0.29) is 5.54 Å². The average molecular weight is 296 g/mol. The summed E-state index contributed by atoms with van der Waals surface area (Å²) in [6, 6.07) is 0. The molecule has 0 aromatic rings. The van der Waals surface area contributed by atoms with E-state index < -0.39 is 5.97 Å². The Hall–Kier alpha value is -0.610. The second-order valence-electron chi connectivity index (χ2n) is 7.39. The van der Waals surface area contributed by atoms with Crippen molar-refractivity contribution < 1.29 is 9.90 Å². The summed E-state index contributed by atoms with van der Waals surface area (Å²) >= 11 is 0. The van der Waals surface area contributed by atoms with Crippen molar-refractivity contribution in [1.82, 2.24) is 9.80 Å². The molecule has 1 N–H and O–H groups in total. The highest BCUT2D eigenvalue weighted by molar-refractivity contribution is 5.68. The van der Waals surface area contributed by atoms with Gasteiger partial charge < -0.3 is 10.0 Å². The highest BCUT2D eigenvalue weighted by atomic mass is 16.4. The zero-order valence-electron chi connectivity index (χ0n) is 13.8. The van der Waals surface area contributed by atoms with Crippen LogP contribution in [0.4, 0.5) is 0 Å². The van der Waals surface area contributed by atoms with Gasteiger partial charge in [-0.05, 0) is 57.8 Å². The van der Waals surface area contributed by atoms with E-state index in [0.717, 1.165) is 45.6 Å². The van der Waals surface area contributed by atoms with Crippen LogP contribution in [0.25, 0.3) is 0 Å². The van der Waals surface area contributed by atoms with Crippen molar-refractivity contribution in [2.24, 2.45) is 5.92 Å². The molecule has 2 aliphatic heterocycles. The topological polar surface area (TPSA) is 43.8 Å². The van der Waals surface area contributed by atoms with Gasteiger partial charge in [0.2, 0.25) is 0 Å². The Balaban J connectivity index is 2.02. The summed E-state index contributed by atoms with van der Waals surface area (Å²) in [5.74, 6) is 0.0618. The number of carboxylic acids is 1. The van der Waals surface area contributed by atoms with Crippen LogP contribution < -0.4 is 0 Å². The summed E-state index contributed by atoms with van der Waals surface area (Å²) in [5, 5.41) is 9.40. The second kappa shape index (κ2) is 7.59. The summed E-state index contributed by atoms with van der Waals surface area (Å²) in [6.45, 7) is 9.96. The summed E-state index contributed by atoms with van der Waals surface area (Å²) in [5.41, 5.74) is -0.0797. The lowest BCUT2D eigenvalue weighted by Crippen LogP contribution is -2.57. The number of carbonyl (C=O) groups is 1. The molecule has 2 aliphatic rings. The van der Waals surface area contributed by atoms with Crippen LogP contribution >= 0.6 is 0 Å². The largest absolute Gasteiger partial charge is 0.481 e. The van der Waals surface area contributed by atoms with E-state index in [1.54, 1.807) is 0 Å². The third-order valence-electron chi connectivity index (χ3n) is 5.17. The third kappa shape index (κ3) is 4.68. The van der Waals surface area contributed by atoms with Crippen LogP contribution in [0.1, 0.15) is 58.8 Å². The molecule has 0 unspecified atom stereocenters. The van der Waals surface area contributed by atoms with E-state index in [4.69, 9.17) is 0 Å². The number of aliphatic carboxylic acids is 1. The van der Waals surface area contributed by atoms with Gasteiger partial charge in [0, 0.05) is 12.1 Å². The number of likely N-dealkylation sites (tertiary alicyclic amines) is 2. The number of hydrogen-bond donors (Lipinski definition) is 1. The van der Waals surface area contributed by atoms with Gasteiger partial charge in [-0.2, -0.15) is 0 Å². The number of carboxylic acid groups (broad SMARTS) is 1. The van der Waals surface area contributed by atoms with E-state index in [2.05, 4.69) is 23.6 Å². The van der Waals surface area contributed by atoms with Crippen LogP contribution in [0.3, 0.4) is 0 Å². The van der Waals surface area contributed by atoms with Crippen LogP contribution in [-0.2, 0) is 4.79 Å². The molecule has 0 amide bonds. The lowest BCUT2D eigenvalue weighted by molar-refractivity contribution is -0.141. The molecule has 122 valence electrons. The van der Waals surface area contributed by atoms with Crippen LogP contribution in [0, 0.1) is 5.92 Å². The molecule has 0 aromatic heterocycles. The maximum absolute atomic E-state index is 11.4. The first-order valence-electron chi connectivity index (χ1n) is 8.71. The van der Waals surface area contributed by atoms with Crippen molar-refractivity contribution in [3.8, 4) is 0 Å². The summed E-state index contributed by atoms with van der Waals surface area (Å²) < 4.78 is 0. The quantitative estimate of drug-likeness (QED) is 0.847. The lowest BCUT2D eigenvalue weighted by atomic mass is 9.82. The van der Waals surface area contributed by atoms with Crippen LogP contribution in [-0.4, -0.2) is 59.1 Å². The first-order valence-corrected chi connectivity index (χ1v) is 8.71. The highest BCUT2D eigenvalue weighted by Crippen LogP contribution is 2.34.